The van der Waals surface area contributed by atoms with Gasteiger partial charge in [-0.15, -0.1) is 0 Å². The molecule has 3 nitrogen and oxygen atoms in total. The van der Waals surface area contributed by atoms with Gasteiger partial charge in [0.15, 0.2) is 0 Å². The van der Waals surface area contributed by atoms with E-state index in [9.17, 15) is 0 Å². The molecule has 0 aliphatic carbocycles. The molecular formula is C14H23NO2. The molecule has 0 aromatic heterocycles. The summed E-state index contributed by atoms with van der Waals surface area (Å²) in [6.07, 6.45) is 0.946. The first-order valence-electron chi connectivity index (χ1n) is 5.98. The van der Waals surface area contributed by atoms with Crippen LogP contribution in [0.4, 0.5) is 0 Å². The molecule has 1 aromatic rings. The maximum Gasteiger partial charge on any atom is 0.125 e. The van der Waals surface area contributed by atoms with Gasteiger partial charge >= 0.3 is 0 Å². The minimum atomic E-state index is 0.378. The Hall–Kier alpha value is -1.22. The van der Waals surface area contributed by atoms with Gasteiger partial charge in [0.05, 0.1) is 14.2 Å². The maximum absolute atomic E-state index is 5.62. The number of nitrogens with two attached hydrogens (primary N) is 1. The summed E-state index contributed by atoms with van der Waals surface area (Å²) >= 11 is 0. The van der Waals surface area contributed by atoms with Crippen LogP contribution in [0.3, 0.4) is 0 Å². The lowest BCUT2D eigenvalue weighted by Crippen LogP contribution is -2.07. The molecule has 0 fully saturated rings. The second-order valence-corrected chi connectivity index (χ2v) is 4.43. The van der Waals surface area contributed by atoms with Crippen LogP contribution < -0.4 is 15.2 Å². The van der Waals surface area contributed by atoms with E-state index in [0.717, 1.165) is 29.0 Å². The SMILES string of the molecule is COc1cc(C(C)CCN)c(OC)c(C)c1C. The highest BCUT2D eigenvalue weighted by Gasteiger charge is 2.17. The Morgan fingerprint density at radius 2 is 1.82 bits per heavy atom. The zero-order chi connectivity index (χ0) is 13.0. The molecule has 3 heteroatoms. The average molecular weight is 237 g/mol. The summed E-state index contributed by atoms with van der Waals surface area (Å²) in [6, 6.07) is 2.07. The molecule has 0 spiro atoms. The van der Waals surface area contributed by atoms with Crippen molar-refractivity contribution in [2.24, 2.45) is 5.73 Å². The summed E-state index contributed by atoms with van der Waals surface area (Å²) in [6.45, 7) is 6.96. The largest absolute Gasteiger partial charge is 0.496 e. The van der Waals surface area contributed by atoms with Crippen LogP contribution in [0.15, 0.2) is 6.07 Å². The number of hydrogen-bond donors (Lipinski definition) is 1. The van der Waals surface area contributed by atoms with Crippen LogP contribution in [0.5, 0.6) is 11.5 Å². The minimum absolute atomic E-state index is 0.378. The van der Waals surface area contributed by atoms with E-state index in [1.807, 2.05) is 6.92 Å². The fraction of sp³-hybridized carbons (Fsp3) is 0.571. The van der Waals surface area contributed by atoms with Crippen LogP contribution in [0.25, 0.3) is 0 Å². The van der Waals surface area contributed by atoms with Crippen LogP contribution in [-0.2, 0) is 0 Å². The van der Waals surface area contributed by atoms with Gasteiger partial charge in [-0.3, -0.25) is 0 Å². The third-order valence-electron chi connectivity index (χ3n) is 3.38. The van der Waals surface area contributed by atoms with Gasteiger partial charge in [0.1, 0.15) is 11.5 Å². The molecule has 96 valence electrons. The topological polar surface area (TPSA) is 44.5 Å². The van der Waals surface area contributed by atoms with E-state index in [0.29, 0.717) is 12.5 Å². The Kier molecular flexibility index (Phi) is 4.82. The van der Waals surface area contributed by atoms with Gasteiger partial charge in [-0.05, 0) is 49.9 Å². The quantitative estimate of drug-likeness (QED) is 0.856. The number of ether oxygens (including phenoxy) is 2. The first-order chi connectivity index (χ1) is 8.06. The number of rotatable bonds is 5. The summed E-state index contributed by atoms with van der Waals surface area (Å²) in [5, 5.41) is 0. The monoisotopic (exact) mass is 237 g/mol. The Labute approximate surface area is 104 Å². The van der Waals surface area contributed by atoms with E-state index in [2.05, 4.69) is 19.9 Å². The summed E-state index contributed by atoms with van der Waals surface area (Å²) < 4.78 is 10.9. The summed E-state index contributed by atoms with van der Waals surface area (Å²) in [5.41, 5.74) is 9.08. The number of hydrogen-bond acceptors (Lipinski definition) is 3. The lowest BCUT2D eigenvalue weighted by atomic mass is 9.92. The van der Waals surface area contributed by atoms with Crippen LogP contribution in [-0.4, -0.2) is 20.8 Å². The average Bonchev–Trinajstić information content (AvgIpc) is 2.32. The van der Waals surface area contributed by atoms with Crippen molar-refractivity contribution < 1.29 is 9.47 Å². The zero-order valence-electron chi connectivity index (χ0n) is 11.5. The first kappa shape index (κ1) is 13.8. The smallest absolute Gasteiger partial charge is 0.125 e. The molecule has 0 radical (unpaired) electrons. The lowest BCUT2D eigenvalue weighted by molar-refractivity contribution is 0.390. The van der Waals surface area contributed by atoms with Gasteiger partial charge in [0.2, 0.25) is 0 Å². The fourth-order valence-electron chi connectivity index (χ4n) is 2.14. The van der Waals surface area contributed by atoms with E-state index in [1.165, 1.54) is 5.56 Å². The fourth-order valence-corrected chi connectivity index (χ4v) is 2.14. The molecule has 1 aromatic carbocycles. The Balaban J connectivity index is 3.31. The molecule has 0 saturated carbocycles. The van der Waals surface area contributed by atoms with E-state index in [1.54, 1.807) is 14.2 Å². The van der Waals surface area contributed by atoms with Crippen molar-refractivity contribution in [3.8, 4) is 11.5 Å². The standard InChI is InChI=1S/C14H23NO2/c1-9(6-7-15)12-8-13(16-4)10(2)11(3)14(12)17-5/h8-9H,6-7,15H2,1-5H3. The van der Waals surface area contributed by atoms with Gasteiger partial charge in [0.25, 0.3) is 0 Å². The number of benzene rings is 1. The van der Waals surface area contributed by atoms with Gasteiger partial charge in [-0.25, -0.2) is 0 Å². The normalized spacial score (nSPS) is 12.4. The first-order valence-corrected chi connectivity index (χ1v) is 5.98. The maximum atomic E-state index is 5.62. The predicted octanol–water partition coefficient (Wildman–Crippen LogP) is 2.77. The minimum Gasteiger partial charge on any atom is -0.496 e. The predicted molar refractivity (Wildman–Crippen MR) is 71.1 cm³/mol. The molecule has 17 heavy (non-hydrogen) atoms. The van der Waals surface area contributed by atoms with Crippen molar-refractivity contribution in [3.63, 3.8) is 0 Å². The Morgan fingerprint density at radius 1 is 1.18 bits per heavy atom. The zero-order valence-corrected chi connectivity index (χ0v) is 11.5. The lowest BCUT2D eigenvalue weighted by Gasteiger charge is -2.20. The van der Waals surface area contributed by atoms with E-state index < -0.39 is 0 Å². The van der Waals surface area contributed by atoms with Crippen molar-refractivity contribution in [2.45, 2.75) is 33.1 Å². The second-order valence-electron chi connectivity index (χ2n) is 4.43. The molecule has 1 atom stereocenters. The van der Waals surface area contributed by atoms with E-state index in [-0.39, 0.29) is 0 Å². The molecule has 1 unspecified atom stereocenters. The van der Waals surface area contributed by atoms with Crippen molar-refractivity contribution in [2.75, 3.05) is 20.8 Å². The van der Waals surface area contributed by atoms with Crippen LogP contribution in [0.2, 0.25) is 0 Å². The molecule has 0 aliphatic heterocycles. The van der Waals surface area contributed by atoms with Crippen molar-refractivity contribution in [3.05, 3.63) is 22.8 Å². The summed E-state index contributed by atoms with van der Waals surface area (Å²) in [7, 11) is 3.42. The molecule has 0 aliphatic rings. The highest BCUT2D eigenvalue weighted by molar-refractivity contribution is 5.53. The Bertz CT molecular complexity index is 388. The van der Waals surface area contributed by atoms with Crippen molar-refractivity contribution in [1.29, 1.82) is 0 Å². The van der Waals surface area contributed by atoms with Crippen molar-refractivity contribution >= 4 is 0 Å². The van der Waals surface area contributed by atoms with E-state index >= 15 is 0 Å². The Morgan fingerprint density at radius 3 is 2.29 bits per heavy atom. The highest BCUT2D eigenvalue weighted by Crippen LogP contribution is 2.38. The molecular weight excluding hydrogens is 214 g/mol. The van der Waals surface area contributed by atoms with Crippen LogP contribution >= 0.6 is 0 Å². The van der Waals surface area contributed by atoms with Crippen molar-refractivity contribution in [1.82, 2.24) is 0 Å². The third-order valence-corrected chi connectivity index (χ3v) is 3.38. The molecule has 0 saturated heterocycles. The molecule has 1 rings (SSSR count). The molecule has 0 amide bonds. The molecule has 2 N–H and O–H groups in total. The molecule has 0 heterocycles. The summed E-state index contributed by atoms with van der Waals surface area (Å²) in [5.74, 6) is 2.26. The second kappa shape index (κ2) is 5.92. The third kappa shape index (κ3) is 2.72. The van der Waals surface area contributed by atoms with E-state index in [4.69, 9.17) is 15.2 Å². The highest BCUT2D eigenvalue weighted by atomic mass is 16.5. The molecule has 0 bridgehead atoms. The summed E-state index contributed by atoms with van der Waals surface area (Å²) in [4.78, 5) is 0. The van der Waals surface area contributed by atoms with Gasteiger partial charge in [0, 0.05) is 5.56 Å². The van der Waals surface area contributed by atoms with Gasteiger partial charge in [-0.1, -0.05) is 6.92 Å². The van der Waals surface area contributed by atoms with Crippen LogP contribution in [0.1, 0.15) is 36.0 Å². The number of methoxy groups -OCH3 is 2. The van der Waals surface area contributed by atoms with Gasteiger partial charge in [-0.2, -0.15) is 0 Å². The van der Waals surface area contributed by atoms with Gasteiger partial charge < -0.3 is 15.2 Å². The van der Waals surface area contributed by atoms with Crippen LogP contribution in [0, 0.1) is 13.8 Å².